The number of aryl methyl sites for hydroxylation is 3. The summed E-state index contributed by atoms with van der Waals surface area (Å²) >= 11 is 0. The van der Waals surface area contributed by atoms with Crippen LogP contribution in [0.1, 0.15) is 43.4 Å². The first-order valence-electron chi connectivity index (χ1n) is 7.29. The molecule has 1 unspecified atom stereocenters. The van der Waals surface area contributed by atoms with Gasteiger partial charge in [0.05, 0.1) is 12.7 Å². The lowest BCUT2D eigenvalue weighted by Gasteiger charge is -2.22. The minimum atomic E-state index is -0.449. The number of rotatable bonds is 7. The van der Waals surface area contributed by atoms with Crippen LogP contribution >= 0.6 is 0 Å². The zero-order valence-corrected chi connectivity index (χ0v) is 13.3. The molecule has 0 bridgehead atoms. The molecule has 3 nitrogen and oxygen atoms in total. The average Bonchev–Trinajstić information content (AvgIpc) is 2.37. The molecule has 0 aromatic heterocycles. The van der Waals surface area contributed by atoms with Gasteiger partial charge in [-0.1, -0.05) is 24.6 Å². The Labute approximate surface area is 123 Å². The van der Waals surface area contributed by atoms with Crippen LogP contribution in [0, 0.1) is 32.1 Å². The monoisotopic (exact) mass is 274 g/mol. The average molecular weight is 274 g/mol. The van der Waals surface area contributed by atoms with Crippen molar-refractivity contribution in [3.8, 4) is 11.8 Å². The molecule has 110 valence electrons. The maximum Gasteiger partial charge on any atom is 0.125 e. The highest BCUT2D eigenvalue weighted by molar-refractivity contribution is 5.42. The second kappa shape index (κ2) is 7.31. The Kier molecular flexibility index (Phi) is 6.04. The molecule has 0 radical (unpaired) electrons. The highest BCUT2D eigenvalue weighted by Gasteiger charge is 2.21. The molecule has 0 amide bonds. The van der Waals surface area contributed by atoms with Crippen molar-refractivity contribution in [1.29, 1.82) is 5.26 Å². The molecule has 1 aromatic carbocycles. The van der Waals surface area contributed by atoms with Gasteiger partial charge in [-0.2, -0.15) is 5.26 Å². The molecule has 0 saturated carbocycles. The number of hydrogen-bond acceptors (Lipinski definition) is 3. The van der Waals surface area contributed by atoms with Crippen LogP contribution in [0.5, 0.6) is 5.75 Å². The number of nitriles is 1. The summed E-state index contributed by atoms with van der Waals surface area (Å²) in [6, 6.07) is 6.62. The number of nitrogens with one attached hydrogen (secondary N) is 1. The smallest absolute Gasteiger partial charge is 0.125 e. The van der Waals surface area contributed by atoms with E-state index in [9.17, 15) is 5.26 Å². The quantitative estimate of drug-likeness (QED) is 0.772. The van der Waals surface area contributed by atoms with Crippen LogP contribution in [0.2, 0.25) is 0 Å². The van der Waals surface area contributed by atoms with Gasteiger partial charge in [0.15, 0.2) is 0 Å². The molecule has 1 N–H and O–H groups in total. The summed E-state index contributed by atoms with van der Waals surface area (Å²) < 4.78 is 5.90. The molecule has 0 spiro atoms. The van der Waals surface area contributed by atoms with Crippen molar-refractivity contribution >= 4 is 0 Å². The Morgan fingerprint density at radius 3 is 2.35 bits per heavy atom. The maximum absolute atomic E-state index is 9.20. The lowest BCUT2D eigenvalue weighted by molar-refractivity contribution is 0.283. The largest absolute Gasteiger partial charge is 0.493 e. The summed E-state index contributed by atoms with van der Waals surface area (Å²) in [6.45, 7) is 11.7. The van der Waals surface area contributed by atoms with E-state index >= 15 is 0 Å². The standard InChI is InChI=1S/C17H26N2O/c1-6-19-17(5,12-18)8-7-9-20-16-14(3)10-13(2)11-15(16)4/h10-11,19H,6-9H2,1-5H3. The van der Waals surface area contributed by atoms with Crippen LogP contribution < -0.4 is 10.1 Å². The van der Waals surface area contributed by atoms with Gasteiger partial charge in [-0.05, 0) is 58.2 Å². The Morgan fingerprint density at radius 2 is 1.85 bits per heavy atom. The van der Waals surface area contributed by atoms with Gasteiger partial charge in [-0.25, -0.2) is 0 Å². The summed E-state index contributed by atoms with van der Waals surface area (Å²) in [5, 5.41) is 12.4. The number of hydrogen-bond donors (Lipinski definition) is 1. The van der Waals surface area contributed by atoms with E-state index in [1.807, 2.05) is 13.8 Å². The van der Waals surface area contributed by atoms with E-state index in [4.69, 9.17) is 4.74 Å². The van der Waals surface area contributed by atoms with Gasteiger partial charge in [0, 0.05) is 0 Å². The molecule has 1 atom stereocenters. The van der Waals surface area contributed by atoms with Crippen LogP contribution in [-0.2, 0) is 0 Å². The minimum absolute atomic E-state index is 0.449. The summed E-state index contributed by atoms with van der Waals surface area (Å²) in [7, 11) is 0. The first-order valence-corrected chi connectivity index (χ1v) is 7.29. The SMILES string of the molecule is CCNC(C)(C#N)CCCOc1c(C)cc(C)cc1C. The number of ether oxygens (including phenoxy) is 1. The first-order chi connectivity index (χ1) is 9.41. The van der Waals surface area contributed by atoms with Crippen molar-refractivity contribution in [2.24, 2.45) is 0 Å². The molecule has 0 fully saturated rings. The van der Waals surface area contributed by atoms with Crippen LogP contribution in [0.15, 0.2) is 12.1 Å². The molecule has 1 aromatic rings. The molecule has 3 heteroatoms. The van der Waals surface area contributed by atoms with E-state index in [0.29, 0.717) is 6.61 Å². The van der Waals surface area contributed by atoms with E-state index in [-0.39, 0.29) is 0 Å². The van der Waals surface area contributed by atoms with E-state index in [2.05, 4.69) is 44.3 Å². The van der Waals surface area contributed by atoms with Gasteiger partial charge in [0.25, 0.3) is 0 Å². The van der Waals surface area contributed by atoms with Crippen molar-refractivity contribution in [2.45, 2.75) is 53.0 Å². The van der Waals surface area contributed by atoms with Gasteiger partial charge in [0.1, 0.15) is 11.3 Å². The first kappa shape index (κ1) is 16.5. The normalized spacial score (nSPS) is 13.6. The van der Waals surface area contributed by atoms with Crippen LogP contribution in [-0.4, -0.2) is 18.7 Å². The van der Waals surface area contributed by atoms with Crippen molar-refractivity contribution in [3.05, 3.63) is 28.8 Å². The Balaban J connectivity index is 2.52. The molecule has 0 heterocycles. The third-order valence-corrected chi connectivity index (χ3v) is 3.49. The second-order valence-electron chi connectivity index (χ2n) is 5.65. The number of benzene rings is 1. The molecular weight excluding hydrogens is 248 g/mol. The lowest BCUT2D eigenvalue weighted by Crippen LogP contribution is -2.40. The fraction of sp³-hybridized carbons (Fsp3) is 0.588. The van der Waals surface area contributed by atoms with E-state index < -0.39 is 5.54 Å². The molecule has 0 aliphatic heterocycles. The Morgan fingerprint density at radius 1 is 1.25 bits per heavy atom. The van der Waals surface area contributed by atoms with Crippen molar-refractivity contribution < 1.29 is 4.74 Å². The topological polar surface area (TPSA) is 45.0 Å². The molecular formula is C17H26N2O. The van der Waals surface area contributed by atoms with E-state index in [0.717, 1.165) is 25.1 Å². The zero-order chi connectivity index (χ0) is 15.2. The predicted molar refractivity (Wildman–Crippen MR) is 83.1 cm³/mol. The third kappa shape index (κ3) is 4.54. The molecule has 0 aliphatic carbocycles. The molecule has 1 rings (SSSR count). The molecule has 20 heavy (non-hydrogen) atoms. The van der Waals surface area contributed by atoms with Crippen LogP contribution in [0.3, 0.4) is 0 Å². The molecule has 0 saturated heterocycles. The lowest BCUT2D eigenvalue weighted by atomic mass is 9.98. The third-order valence-electron chi connectivity index (χ3n) is 3.49. The van der Waals surface area contributed by atoms with Gasteiger partial charge in [-0.3, -0.25) is 5.32 Å². The van der Waals surface area contributed by atoms with Crippen molar-refractivity contribution in [2.75, 3.05) is 13.2 Å². The van der Waals surface area contributed by atoms with Crippen LogP contribution in [0.4, 0.5) is 0 Å². The van der Waals surface area contributed by atoms with E-state index in [1.165, 1.54) is 16.7 Å². The Hall–Kier alpha value is -1.53. The maximum atomic E-state index is 9.20. The van der Waals surface area contributed by atoms with Gasteiger partial charge >= 0.3 is 0 Å². The second-order valence-corrected chi connectivity index (χ2v) is 5.65. The highest BCUT2D eigenvalue weighted by Crippen LogP contribution is 2.25. The van der Waals surface area contributed by atoms with Gasteiger partial charge in [0.2, 0.25) is 0 Å². The summed E-state index contributed by atoms with van der Waals surface area (Å²) in [6.07, 6.45) is 1.66. The minimum Gasteiger partial charge on any atom is -0.493 e. The van der Waals surface area contributed by atoms with Crippen LogP contribution in [0.25, 0.3) is 0 Å². The number of nitrogens with zero attached hydrogens (tertiary/aromatic N) is 1. The predicted octanol–water partition coefficient (Wildman–Crippen LogP) is 3.66. The highest BCUT2D eigenvalue weighted by atomic mass is 16.5. The fourth-order valence-electron chi connectivity index (χ4n) is 2.57. The van der Waals surface area contributed by atoms with E-state index in [1.54, 1.807) is 0 Å². The summed E-state index contributed by atoms with van der Waals surface area (Å²) in [4.78, 5) is 0. The van der Waals surface area contributed by atoms with Gasteiger partial charge in [-0.15, -0.1) is 0 Å². The zero-order valence-electron chi connectivity index (χ0n) is 13.3. The van der Waals surface area contributed by atoms with Crippen molar-refractivity contribution in [3.63, 3.8) is 0 Å². The Bertz CT molecular complexity index is 467. The summed E-state index contributed by atoms with van der Waals surface area (Å²) in [5.74, 6) is 0.984. The van der Waals surface area contributed by atoms with Gasteiger partial charge < -0.3 is 4.74 Å². The van der Waals surface area contributed by atoms with Crippen molar-refractivity contribution in [1.82, 2.24) is 5.32 Å². The fourth-order valence-corrected chi connectivity index (χ4v) is 2.57. The molecule has 0 aliphatic rings. The summed E-state index contributed by atoms with van der Waals surface area (Å²) in [5.41, 5.74) is 3.17.